The van der Waals surface area contributed by atoms with Gasteiger partial charge in [0.05, 0.1) is 12.1 Å². The average molecular weight is 551 g/mol. The topological polar surface area (TPSA) is 98.7 Å². The second-order valence-electron chi connectivity index (χ2n) is 11.7. The molecule has 1 aliphatic rings. The summed E-state index contributed by atoms with van der Waals surface area (Å²) in [7, 11) is 0. The van der Waals surface area contributed by atoms with E-state index < -0.39 is 5.60 Å². The fourth-order valence-electron chi connectivity index (χ4n) is 5.04. The van der Waals surface area contributed by atoms with E-state index in [9.17, 15) is 4.79 Å². The third-order valence-corrected chi connectivity index (χ3v) is 7.15. The van der Waals surface area contributed by atoms with E-state index >= 15 is 0 Å². The number of ether oxygens (including phenoxy) is 2. The number of nitrogens with two attached hydrogens (primary N) is 1. The van der Waals surface area contributed by atoms with Gasteiger partial charge in [0.25, 0.3) is 0 Å². The molecule has 1 amide bonds. The molecule has 2 N–H and O–H groups in total. The Labute approximate surface area is 238 Å². The maximum Gasteiger partial charge on any atom is 0.410 e. The van der Waals surface area contributed by atoms with Gasteiger partial charge in [-0.1, -0.05) is 43.7 Å². The molecule has 1 fully saturated rings. The molecule has 0 saturated carbocycles. The molecule has 0 spiro atoms. The van der Waals surface area contributed by atoms with Crippen LogP contribution in [0.1, 0.15) is 70.3 Å². The molecule has 3 aromatic rings. The van der Waals surface area contributed by atoms with Crippen molar-refractivity contribution in [3.05, 3.63) is 53.5 Å². The summed E-state index contributed by atoms with van der Waals surface area (Å²) in [4.78, 5) is 26.2. The van der Waals surface area contributed by atoms with Crippen LogP contribution in [-0.2, 0) is 35.7 Å². The molecule has 9 nitrogen and oxygen atoms in total. The van der Waals surface area contributed by atoms with Crippen LogP contribution in [0.5, 0.6) is 0 Å². The zero-order valence-corrected chi connectivity index (χ0v) is 24.7. The van der Waals surface area contributed by atoms with Crippen molar-refractivity contribution in [2.45, 2.75) is 85.2 Å². The maximum absolute atomic E-state index is 12.3. The fourth-order valence-corrected chi connectivity index (χ4v) is 5.04. The number of hydrogen-bond donors (Lipinski definition) is 1. The minimum Gasteiger partial charge on any atom is -0.444 e. The minimum absolute atomic E-state index is 0.212. The van der Waals surface area contributed by atoms with E-state index in [1.807, 2.05) is 43.9 Å². The number of nitrogens with zero attached hydrogens (tertiary/aromatic N) is 5. The molecule has 4 rings (SSSR count). The van der Waals surface area contributed by atoms with Crippen LogP contribution >= 0.6 is 0 Å². The lowest BCUT2D eigenvalue weighted by Crippen LogP contribution is -2.50. The first-order chi connectivity index (χ1) is 19.2. The zero-order valence-electron chi connectivity index (χ0n) is 24.7. The van der Waals surface area contributed by atoms with Gasteiger partial charge >= 0.3 is 6.09 Å². The van der Waals surface area contributed by atoms with Crippen molar-refractivity contribution >= 4 is 22.9 Å². The van der Waals surface area contributed by atoms with Gasteiger partial charge in [0.15, 0.2) is 5.82 Å². The quantitative estimate of drug-likeness (QED) is 0.301. The van der Waals surface area contributed by atoms with Crippen LogP contribution in [0.25, 0.3) is 11.0 Å². The number of benzene rings is 1. The number of aryl methyl sites for hydroxylation is 2. The third kappa shape index (κ3) is 8.41. The lowest BCUT2D eigenvalue weighted by Gasteiger charge is -2.35. The summed E-state index contributed by atoms with van der Waals surface area (Å²) in [6, 6.07) is 10.2. The van der Waals surface area contributed by atoms with Crippen molar-refractivity contribution in [1.82, 2.24) is 24.3 Å². The second kappa shape index (κ2) is 13.9. The summed E-state index contributed by atoms with van der Waals surface area (Å²) in [6.07, 6.45) is 7.94. The number of piperazine rings is 1. The highest BCUT2D eigenvalue weighted by molar-refractivity contribution is 5.88. The molecular weight excluding hydrogens is 504 g/mol. The van der Waals surface area contributed by atoms with Gasteiger partial charge in [0.1, 0.15) is 23.7 Å². The Kier molecular flexibility index (Phi) is 10.4. The van der Waals surface area contributed by atoms with Crippen LogP contribution in [-0.4, -0.2) is 68.8 Å². The van der Waals surface area contributed by atoms with Gasteiger partial charge in [0.2, 0.25) is 0 Å². The van der Waals surface area contributed by atoms with Crippen LogP contribution in [0.4, 0.5) is 10.6 Å². The number of amides is 1. The Balaban J connectivity index is 1.34. The molecule has 218 valence electrons. The van der Waals surface area contributed by atoms with E-state index in [2.05, 4.69) is 39.7 Å². The number of fused-ring (bicyclic) bond motifs is 1. The van der Waals surface area contributed by atoms with E-state index in [1.165, 1.54) is 5.56 Å². The Morgan fingerprint density at radius 3 is 2.45 bits per heavy atom. The highest BCUT2D eigenvalue weighted by Crippen LogP contribution is 2.26. The lowest BCUT2D eigenvalue weighted by molar-refractivity contribution is 0.0144. The van der Waals surface area contributed by atoms with Crippen molar-refractivity contribution in [3.63, 3.8) is 0 Å². The standard InChI is InChI=1S/C31H46N6O3/c1-5-6-15-26-33-27-25(14-10-11-16-35-17-19-36(20-18-35)30(38)40-31(2,3)4)21-37(28(27)29(32)34-26)23-39-22-24-12-8-7-9-13-24/h7-9,12-13,21H,5-6,10-11,14-20,22-23H2,1-4H3,(H2,32,33,34). The molecule has 0 radical (unpaired) electrons. The van der Waals surface area contributed by atoms with Crippen molar-refractivity contribution < 1.29 is 14.3 Å². The largest absolute Gasteiger partial charge is 0.444 e. The number of carbonyl (C=O) groups is 1. The predicted octanol–water partition coefficient (Wildman–Crippen LogP) is 5.41. The normalized spacial score (nSPS) is 14.7. The van der Waals surface area contributed by atoms with E-state index in [4.69, 9.17) is 20.2 Å². The van der Waals surface area contributed by atoms with E-state index in [-0.39, 0.29) is 6.09 Å². The summed E-state index contributed by atoms with van der Waals surface area (Å²) in [5.74, 6) is 1.34. The van der Waals surface area contributed by atoms with E-state index in [1.54, 1.807) is 0 Å². The van der Waals surface area contributed by atoms with Gasteiger partial charge in [-0.05, 0) is 64.1 Å². The maximum atomic E-state index is 12.3. The summed E-state index contributed by atoms with van der Waals surface area (Å²) in [5.41, 5.74) is 10.2. The second-order valence-corrected chi connectivity index (χ2v) is 11.7. The van der Waals surface area contributed by atoms with Gasteiger partial charge < -0.3 is 24.7 Å². The molecule has 0 atom stereocenters. The first kappa shape index (κ1) is 29.8. The minimum atomic E-state index is -0.461. The average Bonchev–Trinajstić information content (AvgIpc) is 3.27. The van der Waals surface area contributed by atoms with Crippen LogP contribution < -0.4 is 5.73 Å². The number of anilines is 1. The molecule has 2 aromatic heterocycles. The van der Waals surface area contributed by atoms with Gasteiger partial charge in [-0.15, -0.1) is 0 Å². The molecular formula is C31H46N6O3. The van der Waals surface area contributed by atoms with Gasteiger partial charge in [-0.25, -0.2) is 14.8 Å². The summed E-state index contributed by atoms with van der Waals surface area (Å²) >= 11 is 0. The molecule has 0 bridgehead atoms. The number of aromatic nitrogens is 3. The number of nitrogen functional groups attached to an aromatic ring is 1. The Bertz CT molecular complexity index is 1230. The van der Waals surface area contributed by atoms with E-state index in [0.29, 0.717) is 32.2 Å². The highest BCUT2D eigenvalue weighted by Gasteiger charge is 2.25. The highest BCUT2D eigenvalue weighted by atomic mass is 16.6. The Morgan fingerprint density at radius 1 is 1.00 bits per heavy atom. The SMILES string of the molecule is CCCCc1nc(N)c2c(n1)c(CCCCN1CCN(C(=O)OC(C)(C)C)CC1)cn2COCc1ccccc1. The Hall–Kier alpha value is -3.17. The number of carbonyl (C=O) groups excluding carboxylic acids is 1. The molecule has 40 heavy (non-hydrogen) atoms. The molecule has 3 heterocycles. The van der Waals surface area contributed by atoms with Crippen LogP contribution in [0.2, 0.25) is 0 Å². The van der Waals surface area contributed by atoms with Crippen molar-refractivity contribution in [1.29, 1.82) is 0 Å². The van der Waals surface area contributed by atoms with Crippen molar-refractivity contribution in [2.75, 3.05) is 38.5 Å². The summed E-state index contributed by atoms with van der Waals surface area (Å²) in [6.45, 7) is 13.0. The predicted molar refractivity (Wildman–Crippen MR) is 159 cm³/mol. The van der Waals surface area contributed by atoms with Gasteiger partial charge in [-0.2, -0.15) is 0 Å². The van der Waals surface area contributed by atoms with Gasteiger partial charge in [-0.3, -0.25) is 4.90 Å². The first-order valence-corrected chi connectivity index (χ1v) is 14.7. The monoisotopic (exact) mass is 550 g/mol. The number of rotatable bonds is 12. The fraction of sp³-hybridized carbons (Fsp3) is 0.581. The third-order valence-electron chi connectivity index (χ3n) is 7.15. The van der Waals surface area contributed by atoms with Crippen LogP contribution in [0.15, 0.2) is 36.5 Å². The molecule has 9 heteroatoms. The van der Waals surface area contributed by atoms with Crippen LogP contribution in [0.3, 0.4) is 0 Å². The number of hydrogen-bond acceptors (Lipinski definition) is 7. The van der Waals surface area contributed by atoms with Crippen molar-refractivity contribution in [2.24, 2.45) is 0 Å². The molecule has 1 saturated heterocycles. The lowest BCUT2D eigenvalue weighted by atomic mass is 10.1. The van der Waals surface area contributed by atoms with Crippen molar-refractivity contribution in [3.8, 4) is 0 Å². The molecule has 0 aliphatic carbocycles. The molecule has 1 aliphatic heterocycles. The molecule has 1 aromatic carbocycles. The first-order valence-electron chi connectivity index (χ1n) is 14.7. The zero-order chi connectivity index (χ0) is 28.5. The van der Waals surface area contributed by atoms with Crippen LogP contribution in [0, 0.1) is 0 Å². The van der Waals surface area contributed by atoms with E-state index in [0.717, 1.165) is 80.6 Å². The Morgan fingerprint density at radius 2 is 1.75 bits per heavy atom. The summed E-state index contributed by atoms with van der Waals surface area (Å²) in [5, 5.41) is 0. The molecule has 0 unspecified atom stereocenters. The smallest absolute Gasteiger partial charge is 0.410 e. The number of unbranched alkanes of at least 4 members (excludes halogenated alkanes) is 2. The summed E-state index contributed by atoms with van der Waals surface area (Å²) < 4.78 is 13.6. The van der Waals surface area contributed by atoms with Gasteiger partial charge in [0, 0.05) is 38.8 Å².